The highest BCUT2D eigenvalue weighted by atomic mass is 15.3. The Morgan fingerprint density at radius 1 is 1.24 bits per heavy atom. The molecule has 118 valence electrons. The lowest BCUT2D eigenvalue weighted by Gasteiger charge is -2.31. The van der Waals surface area contributed by atoms with Gasteiger partial charge in [0.25, 0.3) is 0 Å². The second-order valence-corrected chi connectivity index (χ2v) is 7.10. The van der Waals surface area contributed by atoms with E-state index in [0.717, 1.165) is 36.3 Å². The van der Waals surface area contributed by atoms with Crippen LogP contribution in [0.5, 0.6) is 0 Å². The van der Waals surface area contributed by atoms with Crippen molar-refractivity contribution in [2.45, 2.75) is 19.3 Å². The number of hydrogen-bond acceptors (Lipinski definition) is 3. The quantitative estimate of drug-likeness (QED) is 0.456. The van der Waals surface area contributed by atoms with E-state index in [1.807, 2.05) is 6.07 Å². The number of hydrogen-bond donors (Lipinski definition) is 2. The van der Waals surface area contributed by atoms with Gasteiger partial charge >= 0.3 is 0 Å². The molecule has 0 unspecified atom stereocenters. The minimum absolute atomic E-state index is 0.872. The van der Waals surface area contributed by atoms with Crippen molar-refractivity contribution in [1.29, 1.82) is 0 Å². The van der Waals surface area contributed by atoms with Crippen LogP contribution in [0.1, 0.15) is 18.4 Å². The number of anilines is 2. The van der Waals surface area contributed by atoms with Crippen LogP contribution in [-0.2, 0) is 6.42 Å². The van der Waals surface area contributed by atoms with E-state index >= 15 is 0 Å². The standard InChI is InChI=1S/C17H31N4/c1-21(2,3)13-5-9-19-10-12-20-11-4-6-15-7-8-16(18)14-17(15)20/h7-8,14,19H,4-6,9-13,18H2,1-3H3/q+1. The Bertz CT molecular complexity index is 451. The van der Waals surface area contributed by atoms with Gasteiger partial charge in [0, 0.05) is 44.0 Å². The molecule has 0 fully saturated rings. The summed E-state index contributed by atoms with van der Waals surface area (Å²) in [5.74, 6) is 0. The number of benzene rings is 1. The molecule has 1 aromatic rings. The van der Waals surface area contributed by atoms with Crippen LogP contribution < -0.4 is 16.0 Å². The third-order valence-electron chi connectivity index (χ3n) is 4.07. The summed E-state index contributed by atoms with van der Waals surface area (Å²) >= 11 is 0. The van der Waals surface area contributed by atoms with Crippen molar-refractivity contribution >= 4 is 11.4 Å². The monoisotopic (exact) mass is 291 g/mol. The van der Waals surface area contributed by atoms with Crippen molar-refractivity contribution in [1.82, 2.24) is 5.32 Å². The minimum Gasteiger partial charge on any atom is -0.399 e. The average molecular weight is 291 g/mol. The van der Waals surface area contributed by atoms with Gasteiger partial charge < -0.3 is 20.4 Å². The predicted molar refractivity (Wildman–Crippen MR) is 91.8 cm³/mol. The first kappa shape index (κ1) is 16.1. The van der Waals surface area contributed by atoms with Gasteiger partial charge in [0.15, 0.2) is 0 Å². The fourth-order valence-electron chi connectivity index (χ4n) is 2.92. The predicted octanol–water partition coefficient (Wildman–Crippen LogP) is 1.71. The van der Waals surface area contributed by atoms with Crippen LogP contribution in [0.3, 0.4) is 0 Å². The summed E-state index contributed by atoms with van der Waals surface area (Å²) in [6.45, 7) is 5.59. The molecule has 1 aromatic carbocycles. The van der Waals surface area contributed by atoms with Crippen LogP contribution in [0.15, 0.2) is 18.2 Å². The van der Waals surface area contributed by atoms with Gasteiger partial charge in [-0.05, 0) is 30.5 Å². The summed E-state index contributed by atoms with van der Waals surface area (Å²) in [6.07, 6.45) is 3.66. The third kappa shape index (κ3) is 5.21. The van der Waals surface area contributed by atoms with Gasteiger partial charge in [-0.3, -0.25) is 0 Å². The topological polar surface area (TPSA) is 41.3 Å². The molecular weight excluding hydrogens is 260 g/mol. The number of nitrogen functional groups attached to an aromatic ring is 1. The summed E-state index contributed by atoms with van der Waals surface area (Å²) in [5.41, 5.74) is 9.59. The second kappa shape index (κ2) is 7.14. The minimum atomic E-state index is 0.872. The molecule has 0 amide bonds. The highest BCUT2D eigenvalue weighted by Gasteiger charge is 2.16. The number of quaternary nitrogens is 1. The molecule has 0 saturated heterocycles. The zero-order valence-electron chi connectivity index (χ0n) is 13.9. The van der Waals surface area contributed by atoms with Gasteiger partial charge in [-0.2, -0.15) is 0 Å². The summed E-state index contributed by atoms with van der Waals surface area (Å²) in [7, 11) is 6.74. The van der Waals surface area contributed by atoms with Gasteiger partial charge in [-0.25, -0.2) is 0 Å². The lowest BCUT2D eigenvalue weighted by Crippen LogP contribution is -2.38. The fraction of sp³-hybridized carbons (Fsp3) is 0.647. The van der Waals surface area contributed by atoms with E-state index in [9.17, 15) is 0 Å². The van der Waals surface area contributed by atoms with E-state index < -0.39 is 0 Å². The van der Waals surface area contributed by atoms with Crippen LogP contribution in [0.2, 0.25) is 0 Å². The highest BCUT2D eigenvalue weighted by molar-refractivity contribution is 5.62. The maximum absolute atomic E-state index is 5.94. The maximum Gasteiger partial charge on any atom is 0.0792 e. The Balaban J connectivity index is 1.74. The van der Waals surface area contributed by atoms with Crippen molar-refractivity contribution in [2.24, 2.45) is 0 Å². The van der Waals surface area contributed by atoms with Gasteiger partial charge in [0.1, 0.15) is 0 Å². The van der Waals surface area contributed by atoms with Crippen molar-refractivity contribution in [2.75, 3.05) is 64.5 Å². The van der Waals surface area contributed by atoms with Crippen molar-refractivity contribution < 1.29 is 4.48 Å². The number of rotatable bonds is 7. The Hall–Kier alpha value is -1.26. The second-order valence-electron chi connectivity index (χ2n) is 7.10. The lowest BCUT2D eigenvalue weighted by molar-refractivity contribution is -0.870. The maximum atomic E-state index is 5.94. The van der Waals surface area contributed by atoms with Crippen LogP contribution in [0.25, 0.3) is 0 Å². The Morgan fingerprint density at radius 3 is 2.81 bits per heavy atom. The van der Waals surface area contributed by atoms with E-state index in [2.05, 4.69) is 43.5 Å². The highest BCUT2D eigenvalue weighted by Crippen LogP contribution is 2.28. The molecule has 0 aromatic heterocycles. The molecule has 4 nitrogen and oxygen atoms in total. The molecule has 0 radical (unpaired) electrons. The molecule has 1 aliphatic rings. The van der Waals surface area contributed by atoms with Gasteiger partial charge in [-0.15, -0.1) is 0 Å². The first-order valence-corrected chi connectivity index (χ1v) is 8.10. The van der Waals surface area contributed by atoms with Crippen LogP contribution in [0, 0.1) is 0 Å². The van der Waals surface area contributed by atoms with E-state index in [4.69, 9.17) is 5.73 Å². The van der Waals surface area contributed by atoms with Crippen LogP contribution in [0.4, 0.5) is 11.4 Å². The van der Waals surface area contributed by atoms with Gasteiger partial charge in [0.05, 0.1) is 27.7 Å². The summed E-state index contributed by atoms with van der Waals surface area (Å²) in [5, 5.41) is 3.57. The third-order valence-corrected chi connectivity index (χ3v) is 4.07. The number of nitrogens with two attached hydrogens (primary N) is 1. The zero-order valence-corrected chi connectivity index (χ0v) is 13.9. The molecule has 0 atom stereocenters. The fourth-order valence-corrected chi connectivity index (χ4v) is 2.92. The smallest absolute Gasteiger partial charge is 0.0792 e. The number of fused-ring (bicyclic) bond motifs is 1. The van der Waals surface area contributed by atoms with Gasteiger partial charge in [0.2, 0.25) is 0 Å². The molecule has 0 saturated carbocycles. The number of nitrogens with one attached hydrogen (secondary N) is 1. The first-order valence-electron chi connectivity index (χ1n) is 8.10. The van der Waals surface area contributed by atoms with E-state index in [0.29, 0.717) is 0 Å². The summed E-state index contributed by atoms with van der Waals surface area (Å²) in [4.78, 5) is 2.47. The molecule has 1 aliphatic heterocycles. The molecular formula is C17H31N4+. The Kier molecular flexibility index (Phi) is 5.48. The average Bonchev–Trinajstić information content (AvgIpc) is 2.41. The molecule has 21 heavy (non-hydrogen) atoms. The first-order chi connectivity index (χ1) is 9.96. The molecule has 2 rings (SSSR count). The van der Waals surface area contributed by atoms with E-state index in [1.165, 1.54) is 37.1 Å². The van der Waals surface area contributed by atoms with Crippen molar-refractivity contribution in [3.8, 4) is 0 Å². The van der Waals surface area contributed by atoms with Crippen LogP contribution in [-0.4, -0.2) is 58.3 Å². The lowest BCUT2D eigenvalue weighted by atomic mass is 10.0. The molecule has 0 aliphatic carbocycles. The molecule has 0 bridgehead atoms. The summed E-state index contributed by atoms with van der Waals surface area (Å²) in [6, 6.07) is 6.34. The molecule has 4 heteroatoms. The van der Waals surface area contributed by atoms with Crippen molar-refractivity contribution in [3.05, 3.63) is 23.8 Å². The molecule has 0 spiro atoms. The van der Waals surface area contributed by atoms with Crippen molar-refractivity contribution in [3.63, 3.8) is 0 Å². The van der Waals surface area contributed by atoms with E-state index in [-0.39, 0.29) is 0 Å². The Morgan fingerprint density at radius 2 is 2.05 bits per heavy atom. The summed E-state index contributed by atoms with van der Waals surface area (Å²) < 4.78 is 1.04. The molecule has 1 heterocycles. The number of nitrogens with zero attached hydrogens (tertiary/aromatic N) is 2. The SMILES string of the molecule is C[N+](C)(C)CCCNCCN1CCCc2ccc(N)cc21. The van der Waals surface area contributed by atoms with Crippen LogP contribution >= 0.6 is 0 Å². The normalized spacial score (nSPS) is 15.1. The van der Waals surface area contributed by atoms with E-state index in [1.54, 1.807) is 0 Å². The molecule has 3 N–H and O–H groups in total. The van der Waals surface area contributed by atoms with Gasteiger partial charge in [-0.1, -0.05) is 6.07 Å². The largest absolute Gasteiger partial charge is 0.399 e. The number of aryl methyl sites for hydroxylation is 1. The Labute approximate surface area is 129 Å². The zero-order chi connectivity index (χ0) is 15.3.